The number of nitrogens with one attached hydrogen (secondary N) is 1. The molecule has 0 bridgehead atoms. The van der Waals surface area contributed by atoms with Gasteiger partial charge in [-0.15, -0.1) is 0 Å². The molecule has 0 aromatic heterocycles. The Labute approximate surface area is 81.8 Å². The molecule has 1 atom stereocenters. The minimum atomic E-state index is -3.86. The van der Waals surface area contributed by atoms with Crippen molar-refractivity contribution in [3.05, 3.63) is 0 Å². The van der Waals surface area contributed by atoms with E-state index in [1.807, 2.05) is 0 Å². The van der Waals surface area contributed by atoms with E-state index in [9.17, 15) is 13.2 Å². The molecule has 0 aromatic rings. The van der Waals surface area contributed by atoms with Crippen LogP contribution in [-0.2, 0) is 14.9 Å². The summed E-state index contributed by atoms with van der Waals surface area (Å²) in [6, 6.07) is 0. The third kappa shape index (κ3) is 2.56. The highest BCUT2D eigenvalue weighted by atomic mass is 32.2. The smallest absolute Gasteiger partial charge is 0.421 e. The molecule has 0 unspecified atom stereocenters. The highest BCUT2D eigenvalue weighted by Gasteiger charge is 2.31. The molecule has 1 saturated heterocycles. The monoisotopic (exact) mass is 224 g/mol. The molecule has 1 aliphatic rings. The van der Waals surface area contributed by atoms with Crippen molar-refractivity contribution in [2.75, 3.05) is 20.2 Å². The summed E-state index contributed by atoms with van der Waals surface area (Å²) in [5.74, 6) is 0. The molecule has 82 valence electrons. The van der Waals surface area contributed by atoms with Crippen LogP contribution in [0.4, 0.5) is 4.79 Å². The van der Waals surface area contributed by atoms with Gasteiger partial charge in [0.1, 0.15) is 0 Å². The van der Waals surface area contributed by atoms with Gasteiger partial charge >= 0.3 is 16.3 Å². The van der Waals surface area contributed by atoms with Gasteiger partial charge in [-0.05, 0) is 6.42 Å². The van der Waals surface area contributed by atoms with Crippen LogP contribution in [0.25, 0.3) is 0 Å². The van der Waals surface area contributed by atoms with Crippen LogP contribution in [0.3, 0.4) is 0 Å². The molecule has 0 aliphatic carbocycles. The Hall–Kier alpha value is -0.860. The SMILES string of the molecule is COC(=O)NS(=O)(=O)N1CC[C@@H](O)C1. The minimum absolute atomic E-state index is 0.00628. The number of ether oxygens (including phenoxy) is 1. The predicted molar refractivity (Wildman–Crippen MR) is 46.7 cm³/mol. The van der Waals surface area contributed by atoms with E-state index in [1.54, 1.807) is 4.72 Å². The van der Waals surface area contributed by atoms with Crippen molar-refractivity contribution in [3.8, 4) is 0 Å². The Balaban J connectivity index is 2.62. The number of amides is 1. The van der Waals surface area contributed by atoms with Gasteiger partial charge in [0, 0.05) is 13.1 Å². The van der Waals surface area contributed by atoms with E-state index < -0.39 is 22.4 Å². The lowest BCUT2D eigenvalue weighted by molar-refractivity contribution is 0.175. The molecule has 8 heteroatoms. The molecule has 7 nitrogen and oxygen atoms in total. The van der Waals surface area contributed by atoms with Gasteiger partial charge in [0.05, 0.1) is 13.2 Å². The number of aliphatic hydroxyl groups excluding tert-OH is 1. The summed E-state index contributed by atoms with van der Waals surface area (Å²) in [6.45, 7) is 0.208. The molecule has 0 aromatic carbocycles. The Morgan fingerprint density at radius 3 is 2.71 bits per heavy atom. The number of methoxy groups -OCH3 is 1. The van der Waals surface area contributed by atoms with Gasteiger partial charge in [-0.3, -0.25) is 0 Å². The van der Waals surface area contributed by atoms with Gasteiger partial charge in [-0.1, -0.05) is 0 Å². The van der Waals surface area contributed by atoms with Crippen LogP contribution >= 0.6 is 0 Å². The van der Waals surface area contributed by atoms with E-state index >= 15 is 0 Å². The molecule has 1 fully saturated rings. The van der Waals surface area contributed by atoms with Crippen LogP contribution in [0, 0.1) is 0 Å². The maximum Gasteiger partial charge on any atom is 0.421 e. The summed E-state index contributed by atoms with van der Waals surface area (Å²) in [4.78, 5) is 10.7. The van der Waals surface area contributed by atoms with Crippen LogP contribution in [-0.4, -0.2) is 50.2 Å². The molecule has 14 heavy (non-hydrogen) atoms. The number of β-amino-alcohol motifs (C(OH)–C–C–N with tert-alkyl or cyclic N) is 1. The molecule has 0 radical (unpaired) electrons. The second-order valence-electron chi connectivity index (χ2n) is 2.90. The first-order valence-corrected chi connectivity index (χ1v) is 5.43. The third-order valence-electron chi connectivity index (χ3n) is 1.86. The van der Waals surface area contributed by atoms with Gasteiger partial charge < -0.3 is 9.84 Å². The molecule has 0 saturated carbocycles. The second-order valence-corrected chi connectivity index (χ2v) is 4.57. The van der Waals surface area contributed by atoms with Crippen molar-refractivity contribution in [3.63, 3.8) is 0 Å². The summed E-state index contributed by atoms with van der Waals surface area (Å²) in [5.41, 5.74) is 0. The van der Waals surface area contributed by atoms with Crippen LogP contribution in [0.15, 0.2) is 0 Å². The first-order chi connectivity index (χ1) is 6.45. The van der Waals surface area contributed by atoms with Crippen molar-refractivity contribution in [1.29, 1.82) is 0 Å². The van der Waals surface area contributed by atoms with Crippen molar-refractivity contribution < 1.29 is 23.1 Å². The molecular weight excluding hydrogens is 212 g/mol. The summed E-state index contributed by atoms with van der Waals surface area (Å²) in [5, 5.41) is 9.10. The number of hydrogen-bond donors (Lipinski definition) is 2. The maximum atomic E-state index is 11.4. The zero-order valence-corrected chi connectivity index (χ0v) is 8.45. The Morgan fingerprint density at radius 2 is 2.29 bits per heavy atom. The van der Waals surface area contributed by atoms with Crippen LogP contribution in [0.1, 0.15) is 6.42 Å². The molecule has 1 heterocycles. The molecular formula is C6H12N2O5S. The van der Waals surface area contributed by atoms with Gasteiger partial charge in [-0.2, -0.15) is 12.7 Å². The molecule has 1 aliphatic heterocycles. The first kappa shape index (κ1) is 11.2. The summed E-state index contributed by atoms with van der Waals surface area (Å²) >= 11 is 0. The molecule has 2 N–H and O–H groups in total. The number of carbonyl (C=O) groups excluding carboxylic acids is 1. The molecule has 1 rings (SSSR count). The zero-order chi connectivity index (χ0) is 10.8. The van der Waals surface area contributed by atoms with Crippen molar-refractivity contribution in [2.24, 2.45) is 0 Å². The zero-order valence-electron chi connectivity index (χ0n) is 7.63. The lowest BCUT2D eigenvalue weighted by atomic mass is 10.3. The highest BCUT2D eigenvalue weighted by Crippen LogP contribution is 2.11. The average molecular weight is 224 g/mol. The van der Waals surface area contributed by atoms with Gasteiger partial charge in [0.2, 0.25) is 0 Å². The Morgan fingerprint density at radius 1 is 1.64 bits per heavy atom. The van der Waals surface area contributed by atoms with Crippen LogP contribution < -0.4 is 4.72 Å². The lowest BCUT2D eigenvalue weighted by Gasteiger charge is -2.15. The van der Waals surface area contributed by atoms with E-state index in [0.29, 0.717) is 6.42 Å². The summed E-state index contributed by atoms with van der Waals surface area (Å²) < 4.78 is 29.5. The molecule has 0 spiro atoms. The quantitative estimate of drug-likeness (QED) is 0.605. The number of carbonyl (C=O) groups is 1. The lowest BCUT2D eigenvalue weighted by Crippen LogP contribution is -2.42. The summed E-state index contributed by atoms with van der Waals surface area (Å²) in [7, 11) is -2.78. The predicted octanol–water partition coefficient (Wildman–Crippen LogP) is -1.35. The van der Waals surface area contributed by atoms with E-state index in [-0.39, 0.29) is 13.1 Å². The van der Waals surface area contributed by atoms with Gasteiger partial charge in [-0.25, -0.2) is 9.52 Å². The maximum absolute atomic E-state index is 11.4. The van der Waals surface area contributed by atoms with Gasteiger partial charge in [0.15, 0.2) is 0 Å². The Bertz CT molecular complexity index is 314. The minimum Gasteiger partial charge on any atom is -0.452 e. The van der Waals surface area contributed by atoms with Gasteiger partial charge in [0.25, 0.3) is 0 Å². The topological polar surface area (TPSA) is 95.9 Å². The first-order valence-electron chi connectivity index (χ1n) is 3.99. The number of nitrogens with zero attached hydrogens (tertiary/aromatic N) is 1. The van der Waals surface area contributed by atoms with Crippen LogP contribution in [0.2, 0.25) is 0 Å². The average Bonchev–Trinajstić information content (AvgIpc) is 2.51. The van der Waals surface area contributed by atoms with E-state index in [4.69, 9.17) is 5.11 Å². The van der Waals surface area contributed by atoms with E-state index in [1.165, 1.54) is 0 Å². The number of aliphatic hydroxyl groups is 1. The fraction of sp³-hybridized carbons (Fsp3) is 0.833. The summed E-state index contributed by atoms with van der Waals surface area (Å²) in [6.07, 6.45) is -1.32. The third-order valence-corrected chi connectivity index (χ3v) is 3.30. The normalized spacial score (nSPS) is 23.4. The van der Waals surface area contributed by atoms with Crippen molar-refractivity contribution >= 4 is 16.3 Å². The highest BCUT2D eigenvalue weighted by molar-refractivity contribution is 7.87. The molecule has 1 amide bonds. The Kier molecular flexibility index (Phi) is 3.29. The van der Waals surface area contributed by atoms with E-state index in [2.05, 4.69) is 4.74 Å². The van der Waals surface area contributed by atoms with Crippen LogP contribution in [0.5, 0.6) is 0 Å². The standard InChI is InChI=1S/C6H12N2O5S/c1-13-6(10)7-14(11,12)8-3-2-5(9)4-8/h5,9H,2-4H2,1H3,(H,7,10)/t5-/m1/s1. The fourth-order valence-electron chi connectivity index (χ4n) is 1.14. The second kappa shape index (κ2) is 4.11. The number of rotatable bonds is 2. The van der Waals surface area contributed by atoms with E-state index in [0.717, 1.165) is 11.4 Å². The number of hydrogen-bond acceptors (Lipinski definition) is 5. The largest absolute Gasteiger partial charge is 0.452 e. The van der Waals surface area contributed by atoms with Crippen molar-refractivity contribution in [2.45, 2.75) is 12.5 Å². The van der Waals surface area contributed by atoms with Crippen molar-refractivity contribution in [1.82, 2.24) is 9.03 Å². The fourth-order valence-corrected chi connectivity index (χ4v) is 2.28.